The van der Waals surface area contributed by atoms with Gasteiger partial charge in [0.1, 0.15) is 0 Å². The molecule has 0 amide bonds. The Morgan fingerprint density at radius 1 is 0.762 bits per heavy atom. The highest BCUT2D eigenvalue weighted by atomic mass is 16.5. The van der Waals surface area contributed by atoms with Crippen molar-refractivity contribution in [2.24, 2.45) is 0 Å². The van der Waals surface area contributed by atoms with E-state index in [0.717, 1.165) is 45.5 Å². The second-order valence-electron chi connectivity index (χ2n) is 4.92. The molecule has 0 saturated heterocycles. The number of unbranched alkanes of at least 4 members (excludes halogenated alkanes) is 1. The SMILES string of the molecule is CC(O)CO.CCCCOCC(C)O.CCCOCCC. The van der Waals surface area contributed by atoms with Crippen LogP contribution in [-0.4, -0.2) is 60.6 Å². The topological polar surface area (TPSA) is 79.2 Å². The normalized spacial score (nSPS) is 12.6. The molecule has 0 aromatic rings. The van der Waals surface area contributed by atoms with Crippen molar-refractivity contribution in [3.05, 3.63) is 0 Å². The van der Waals surface area contributed by atoms with Crippen LogP contribution in [0.5, 0.6) is 0 Å². The van der Waals surface area contributed by atoms with Crippen LogP contribution in [0.3, 0.4) is 0 Å². The average Bonchev–Trinajstić information content (AvgIpc) is 2.45. The Morgan fingerprint density at radius 2 is 1.24 bits per heavy atom. The summed E-state index contributed by atoms with van der Waals surface area (Å²) in [7, 11) is 0. The largest absolute Gasteiger partial charge is 0.394 e. The third-order valence-corrected chi connectivity index (χ3v) is 1.96. The number of aliphatic hydroxyl groups excluding tert-OH is 3. The molecule has 3 N–H and O–H groups in total. The van der Waals surface area contributed by atoms with Gasteiger partial charge in [0, 0.05) is 19.8 Å². The van der Waals surface area contributed by atoms with Crippen molar-refractivity contribution in [1.82, 2.24) is 0 Å². The van der Waals surface area contributed by atoms with Crippen molar-refractivity contribution in [3.63, 3.8) is 0 Å². The van der Waals surface area contributed by atoms with Crippen molar-refractivity contribution in [2.45, 2.75) is 72.5 Å². The van der Waals surface area contributed by atoms with Crippen LogP contribution in [0, 0.1) is 0 Å². The molecule has 0 aliphatic carbocycles. The Labute approximate surface area is 131 Å². The van der Waals surface area contributed by atoms with Crippen molar-refractivity contribution in [2.75, 3.05) is 33.0 Å². The van der Waals surface area contributed by atoms with E-state index in [1.165, 1.54) is 6.92 Å². The zero-order chi connectivity index (χ0) is 16.9. The van der Waals surface area contributed by atoms with E-state index < -0.39 is 6.10 Å². The average molecular weight is 310 g/mol. The molecule has 2 unspecified atom stereocenters. The molecule has 0 radical (unpaired) electrons. The molecule has 0 aliphatic heterocycles. The van der Waals surface area contributed by atoms with Gasteiger partial charge in [-0.2, -0.15) is 0 Å². The van der Waals surface area contributed by atoms with Gasteiger partial charge in [0.2, 0.25) is 0 Å². The molecule has 5 heteroatoms. The summed E-state index contributed by atoms with van der Waals surface area (Å²) in [5.41, 5.74) is 0. The number of hydrogen-bond donors (Lipinski definition) is 3. The van der Waals surface area contributed by atoms with Crippen molar-refractivity contribution < 1.29 is 24.8 Å². The molecular weight excluding hydrogens is 272 g/mol. The molecule has 0 fully saturated rings. The van der Waals surface area contributed by atoms with Gasteiger partial charge in [0.25, 0.3) is 0 Å². The summed E-state index contributed by atoms with van der Waals surface area (Å²) in [5.74, 6) is 0. The summed E-state index contributed by atoms with van der Waals surface area (Å²) in [4.78, 5) is 0. The van der Waals surface area contributed by atoms with E-state index in [1.807, 2.05) is 0 Å². The Bertz CT molecular complexity index is 148. The minimum Gasteiger partial charge on any atom is -0.394 e. The van der Waals surface area contributed by atoms with E-state index in [9.17, 15) is 0 Å². The minimum atomic E-state index is -0.560. The van der Waals surface area contributed by atoms with Gasteiger partial charge in [0.05, 0.1) is 25.4 Å². The maximum atomic E-state index is 8.73. The van der Waals surface area contributed by atoms with Crippen molar-refractivity contribution in [1.29, 1.82) is 0 Å². The molecule has 5 nitrogen and oxygen atoms in total. The highest BCUT2D eigenvalue weighted by Crippen LogP contribution is 1.89. The maximum Gasteiger partial charge on any atom is 0.0745 e. The molecule has 0 aliphatic rings. The van der Waals surface area contributed by atoms with E-state index in [4.69, 9.17) is 24.8 Å². The summed E-state index contributed by atoms with van der Waals surface area (Å²) < 4.78 is 10.2. The Kier molecular flexibility index (Phi) is 30.4. The summed E-state index contributed by atoms with van der Waals surface area (Å²) >= 11 is 0. The van der Waals surface area contributed by atoms with Gasteiger partial charge in [-0.3, -0.25) is 0 Å². The van der Waals surface area contributed by atoms with Gasteiger partial charge in [-0.15, -0.1) is 0 Å². The van der Waals surface area contributed by atoms with Gasteiger partial charge in [-0.1, -0.05) is 27.2 Å². The number of rotatable bonds is 10. The fraction of sp³-hybridized carbons (Fsp3) is 1.00. The molecule has 0 bridgehead atoms. The monoisotopic (exact) mass is 310 g/mol. The van der Waals surface area contributed by atoms with Crippen LogP contribution in [0.15, 0.2) is 0 Å². The lowest BCUT2D eigenvalue weighted by atomic mass is 10.4. The van der Waals surface area contributed by atoms with E-state index in [0.29, 0.717) is 6.61 Å². The number of aliphatic hydroxyl groups is 3. The lowest BCUT2D eigenvalue weighted by molar-refractivity contribution is 0.0450. The molecule has 0 spiro atoms. The fourth-order valence-corrected chi connectivity index (χ4v) is 0.891. The van der Waals surface area contributed by atoms with Gasteiger partial charge < -0.3 is 24.8 Å². The standard InChI is InChI=1S/C7H16O2.C6H14O.C3H8O2/c1-3-4-5-9-6-7(2)8;1-3-5-7-6-4-2;1-3(5)2-4/h7-8H,3-6H2,1-2H3;3-6H2,1-2H3;3-5H,2H2,1H3. The zero-order valence-corrected chi connectivity index (χ0v) is 14.7. The van der Waals surface area contributed by atoms with Crippen molar-refractivity contribution in [3.8, 4) is 0 Å². The first-order chi connectivity index (χ1) is 9.95. The maximum absolute atomic E-state index is 8.73. The van der Waals surface area contributed by atoms with E-state index >= 15 is 0 Å². The number of hydrogen-bond acceptors (Lipinski definition) is 5. The fourth-order valence-electron chi connectivity index (χ4n) is 0.891. The Balaban J connectivity index is -0.000000242. The predicted molar refractivity (Wildman–Crippen MR) is 87.6 cm³/mol. The predicted octanol–water partition coefficient (Wildman–Crippen LogP) is 2.37. The van der Waals surface area contributed by atoms with E-state index in [2.05, 4.69) is 20.8 Å². The summed E-state index contributed by atoms with van der Waals surface area (Å²) in [6.45, 7) is 12.6. The second kappa shape index (κ2) is 24.8. The van der Waals surface area contributed by atoms with Crippen LogP contribution in [0.1, 0.15) is 60.3 Å². The van der Waals surface area contributed by atoms with Gasteiger partial charge in [-0.25, -0.2) is 0 Å². The first-order valence-electron chi connectivity index (χ1n) is 8.08. The molecular formula is C16H38O5. The summed E-state index contributed by atoms with van der Waals surface area (Å²) in [6.07, 6.45) is 3.64. The van der Waals surface area contributed by atoms with Gasteiger partial charge in [-0.05, 0) is 33.1 Å². The quantitative estimate of drug-likeness (QED) is 0.540. The van der Waals surface area contributed by atoms with Crippen molar-refractivity contribution >= 4 is 0 Å². The zero-order valence-electron chi connectivity index (χ0n) is 14.7. The smallest absolute Gasteiger partial charge is 0.0745 e. The van der Waals surface area contributed by atoms with Crippen LogP contribution in [0.2, 0.25) is 0 Å². The van der Waals surface area contributed by atoms with Crippen LogP contribution in [-0.2, 0) is 9.47 Å². The number of ether oxygens (including phenoxy) is 2. The van der Waals surface area contributed by atoms with Gasteiger partial charge in [0.15, 0.2) is 0 Å². The van der Waals surface area contributed by atoms with Crippen LogP contribution >= 0.6 is 0 Å². The lowest BCUT2D eigenvalue weighted by Gasteiger charge is -2.03. The van der Waals surface area contributed by atoms with Crippen LogP contribution in [0.25, 0.3) is 0 Å². The molecule has 21 heavy (non-hydrogen) atoms. The Morgan fingerprint density at radius 3 is 1.52 bits per heavy atom. The summed E-state index contributed by atoms with van der Waals surface area (Å²) in [6, 6.07) is 0. The first kappa shape index (κ1) is 25.7. The van der Waals surface area contributed by atoms with Crippen LogP contribution in [0.4, 0.5) is 0 Å². The first-order valence-corrected chi connectivity index (χ1v) is 8.08. The molecule has 132 valence electrons. The van der Waals surface area contributed by atoms with E-state index in [-0.39, 0.29) is 12.7 Å². The second-order valence-corrected chi connectivity index (χ2v) is 4.92. The molecule has 0 saturated carbocycles. The highest BCUT2D eigenvalue weighted by Gasteiger charge is 1.92. The summed E-state index contributed by atoms with van der Waals surface area (Å²) in [5, 5.41) is 24.7. The minimum absolute atomic E-state index is 0.139. The molecule has 0 heterocycles. The third-order valence-electron chi connectivity index (χ3n) is 1.96. The van der Waals surface area contributed by atoms with Gasteiger partial charge >= 0.3 is 0 Å². The molecule has 0 aromatic carbocycles. The van der Waals surface area contributed by atoms with Crippen LogP contribution < -0.4 is 0 Å². The van der Waals surface area contributed by atoms with E-state index in [1.54, 1.807) is 6.92 Å². The highest BCUT2D eigenvalue weighted by molar-refractivity contribution is 4.41. The molecule has 0 rings (SSSR count). The molecule has 0 aromatic heterocycles. The Hall–Kier alpha value is -0.200. The lowest BCUT2D eigenvalue weighted by Crippen LogP contribution is -2.10. The molecule has 2 atom stereocenters. The third kappa shape index (κ3) is 45.1.